The first-order valence-corrected chi connectivity index (χ1v) is 8.21. The van der Waals surface area contributed by atoms with Gasteiger partial charge in [-0.05, 0) is 52.5 Å². The molecule has 5 nitrogen and oxygen atoms in total. The van der Waals surface area contributed by atoms with E-state index >= 15 is 0 Å². The van der Waals surface area contributed by atoms with Gasteiger partial charge in [-0.25, -0.2) is 4.98 Å². The van der Waals surface area contributed by atoms with Crippen molar-refractivity contribution in [3.8, 4) is 11.9 Å². The van der Waals surface area contributed by atoms with Crippen LogP contribution in [0.15, 0.2) is 12.3 Å². The van der Waals surface area contributed by atoms with Gasteiger partial charge in [-0.15, -0.1) is 0 Å². The van der Waals surface area contributed by atoms with Gasteiger partial charge in [0.2, 0.25) is 5.88 Å². The van der Waals surface area contributed by atoms with Crippen LogP contribution in [0.4, 0.5) is 0 Å². The summed E-state index contributed by atoms with van der Waals surface area (Å²) in [5.41, 5.74) is 0.348. The van der Waals surface area contributed by atoms with Crippen LogP contribution in [-0.4, -0.2) is 29.9 Å². The van der Waals surface area contributed by atoms with Crippen molar-refractivity contribution in [3.63, 3.8) is 0 Å². The fourth-order valence-corrected chi connectivity index (χ4v) is 2.63. The number of hydrogen-bond acceptors (Lipinski definition) is 5. The maximum absolute atomic E-state index is 9.38. The smallest absolute Gasteiger partial charge is 0.476 e. The molecule has 1 saturated carbocycles. The predicted molar refractivity (Wildman–Crippen MR) is 87.5 cm³/mol. The van der Waals surface area contributed by atoms with Crippen molar-refractivity contribution in [1.29, 1.82) is 5.26 Å². The molecule has 2 fully saturated rings. The molecule has 0 N–H and O–H groups in total. The van der Waals surface area contributed by atoms with Crippen LogP contribution in [0, 0.1) is 17.2 Å². The molecule has 0 spiro atoms. The van der Waals surface area contributed by atoms with E-state index in [4.69, 9.17) is 14.0 Å². The van der Waals surface area contributed by atoms with E-state index in [9.17, 15) is 5.26 Å². The number of nitrogens with zero attached hydrogens (tertiary/aromatic N) is 2. The summed E-state index contributed by atoms with van der Waals surface area (Å²) in [4.78, 5) is 4.32. The first kappa shape index (κ1) is 16.3. The number of pyridine rings is 1. The molecule has 1 aromatic heterocycles. The van der Waals surface area contributed by atoms with Gasteiger partial charge in [0, 0.05) is 11.7 Å². The van der Waals surface area contributed by atoms with E-state index in [1.54, 1.807) is 12.3 Å². The van der Waals surface area contributed by atoms with E-state index in [0.717, 1.165) is 5.46 Å². The molecule has 1 saturated heterocycles. The summed E-state index contributed by atoms with van der Waals surface area (Å²) < 4.78 is 17.7. The zero-order chi connectivity index (χ0) is 16.7. The van der Waals surface area contributed by atoms with Gasteiger partial charge in [0.1, 0.15) is 11.6 Å². The summed E-state index contributed by atoms with van der Waals surface area (Å²) in [5, 5.41) is 9.38. The number of aromatic nitrogens is 1. The number of ether oxygens (including phenoxy) is 1. The van der Waals surface area contributed by atoms with Crippen molar-refractivity contribution in [1.82, 2.24) is 4.98 Å². The molecule has 0 aromatic carbocycles. The Morgan fingerprint density at radius 2 is 1.96 bits per heavy atom. The lowest BCUT2D eigenvalue weighted by atomic mass is 9.80. The SMILES string of the molecule is CC1(C)OB(c2cnc(OCC3CCC3)c(C#N)c2)OC1(C)C. The Morgan fingerprint density at radius 1 is 1.30 bits per heavy atom. The third kappa shape index (κ3) is 3.08. The molecular formula is C17H23BN2O3. The lowest BCUT2D eigenvalue weighted by molar-refractivity contribution is 0.00578. The monoisotopic (exact) mass is 314 g/mol. The van der Waals surface area contributed by atoms with E-state index < -0.39 is 18.3 Å². The lowest BCUT2D eigenvalue weighted by Gasteiger charge is -2.32. The van der Waals surface area contributed by atoms with E-state index in [1.165, 1.54) is 19.3 Å². The van der Waals surface area contributed by atoms with Crippen LogP contribution in [0.3, 0.4) is 0 Å². The normalized spacial score (nSPS) is 22.5. The topological polar surface area (TPSA) is 64.4 Å². The maximum atomic E-state index is 9.38. The van der Waals surface area contributed by atoms with Crippen LogP contribution in [0.1, 0.15) is 52.5 Å². The fraction of sp³-hybridized carbons (Fsp3) is 0.647. The van der Waals surface area contributed by atoms with Crippen molar-refractivity contribution in [3.05, 3.63) is 17.8 Å². The van der Waals surface area contributed by atoms with Crippen molar-refractivity contribution < 1.29 is 14.0 Å². The Kier molecular flexibility index (Phi) is 4.11. The Labute approximate surface area is 138 Å². The van der Waals surface area contributed by atoms with Gasteiger partial charge in [-0.1, -0.05) is 6.42 Å². The number of nitriles is 1. The Morgan fingerprint density at radius 3 is 2.48 bits per heavy atom. The molecule has 122 valence electrons. The summed E-state index contributed by atoms with van der Waals surface area (Å²) in [7, 11) is -0.514. The van der Waals surface area contributed by atoms with Crippen LogP contribution in [0.5, 0.6) is 5.88 Å². The van der Waals surface area contributed by atoms with Gasteiger partial charge in [0.15, 0.2) is 0 Å². The largest absolute Gasteiger partial charge is 0.496 e. The molecule has 0 bridgehead atoms. The van der Waals surface area contributed by atoms with Crippen molar-refractivity contribution in [2.75, 3.05) is 6.61 Å². The Hall–Kier alpha value is -1.58. The first-order chi connectivity index (χ1) is 10.8. The zero-order valence-electron chi connectivity index (χ0n) is 14.3. The molecule has 3 rings (SSSR count). The predicted octanol–water partition coefficient (Wildman–Crippen LogP) is 2.43. The Bertz CT molecular complexity index is 619. The van der Waals surface area contributed by atoms with Gasteiger partial charge in [0.05, 0.1) is 17.8 Å². The van der Waals surface area contributed by atoms with E-state index in [1.807, 2.05) is 27.7 Å². The van der Waals surface area contributed by atoms with Gasteiger partial charge in [-0.2, -0.15) is 5.26 Å². The minimum Gasteiger partial charge on any atom is -0.476 e. The number of rotatable bonds is 4. The minimum absolute atomic E-state index is 0.402. The molecule has 2 heterocycles. The van der Waals surface area contributed by atoms with Crippen LogP contribution in [-0.2, 0) is 9.31 Å². The molecular weight excluding hydrogens is 291 g/mol. The summed E-state index contributed by atoms with van der Waals surface area (Å²) in [6, 6.07) is 3.92. The maximum Gasteiger partial charge on any atom is 0.496 e. The van der Waals surface area contributed by atoms with E-state index in [2.05, 4.69) is 11.1 Å². The van der Waals surface area contributed by atoms with Crippen LogP contribution in [0.25, 0.3) is 0 Å². The highest BCUT2D eigenvalue weighted by atomic mass is 16.7. The number of hydrogen-bond donors (Lipinski definition) is 0. The summed E-state index contributed by atoms with van der Waals surface area (Å²) in [5.74, 6) is 1.01. The van der Waals surface area contributed by atoms with Crippen LogP contribution >= 0.6 is 0 Å². The second-order valence-electron chi connectivity index (χ2n) is 7.43. The molecule has 0 atom stereocenters. The van der Waals surface area contributed by atoms with Crippen molar-refractivity contribution >= 4 is 12.6 Å². The molecule has 23 heavy (non-hydrogen) atoms. The molecule has 0 radical (unpaired) electrons. The molecule has 1 aromatic rings. The lowest BCUT2D eigenvalue weighted by Crippen LogP contribution is -2.41. The average molecular weight is 314 g/mol. The summed E-state index contributed by atoms with van der Waals surface area (Å²) in [6.45, 7) is 8.64. The van der Waals surface area contributed by atoms with E-state index in [-0.39, 0.29) is 0 Å². The molecule has 6 heteroatoms. The summed E-state index contributed by atoms with van der Waals surface area (Å²) >= 11 is 0. The first-order valence-electron chi connectivity index (χ1n) is 8.21. The average Bonchev–Trinajstić information content (AvgIpc) is 2.66. The second-order valence-corrected chi connectivity index (χ2v) is 7.43. The fourth-order valence-electron chi connectivity index (χ4n) is 2.63. The van der Waals surface area contributed by atoms with Gasteiger partial charge in [-0.3, -0.25) is 0 Å². The molecule has 0 unspecified atom stereocenters. The van der Waals surface area contributed by atoms with E-state index in [0.29, 0.717) is 24.0 Å². The third-order valence-corrected chi connectivity index (χ3v) is 5.20. The van der Waals surface area contributed by atoms with Crippen LogP contribution < -0.4 is 10.2 Å². The Balaban J connectivity index is 1.75. The molecule has 1 aliphatic heterocycles. The second kappa shape index (κ2) is 5.81. The highest BCUT2D eigenvalue weighted by Gasteiger charge is 2.51. The van der Waals surface area contributed by atoms with Crippen molar-refractivity contribution in [2.24, 2.45) is 5.92 Å². The van der Waals surface area contributed by atoms with Crippen molar-refractivity contribution in [2.45, 2.75) is 58.2 Å². The standard InChI is InChI=1S/C17H23BN2O3/c1-16(2)17(3,4)23-18(22-16)14-8-13(9-19)15(20-10-14)21-11-12-6-5-7-12/h8,10,12H,5-7,11H2,1-4H3. The zero-order valence-corrected chi connectivity index (χ0v) is 14.3. The molecule has 2 aliphatic rings. The minimum atomic E-state index is -0.514. The van der Waals surface area contributed by atoms with Gasteiger partial charge >= 0.3 is 7.12 Å². The quantitative estimate of drug-likeness (QED) is 0.799. The molecule has 0 amide bonds. The third-order valence-electron chi connectivity index (χ3n) is 5.20. The van der Waals surface area contributed by atoms with Crippen LogP contribution in [0.2, 0.25) is 0 Å². The highest BCUT2D eigenvalue weighted by molar-refractivity contribution is 6.62. The highest BCUT2D eigenvalue weighted by Crippen LogP contribution is 2.36. The van der Waals surface area contributed by atoms with Gasteiger partial charge < -0.3 is 14.0 Å². The molecule has 1 aliphatic carbocycles. The van der Waals surface area contributed by atoms with Gasteiger partial charge in [0.25, 0.3) is 0 Å². The summed E-state index contributed by atoms with van der Waals surface area (Å²) in [6.07, 6.45) is 5.36.